The molecule has 0 aliphatic heterocycles. The Morgan fingerprint density at radius 2 is 1.90 bits per heavy atom. The number of hydrogen-bond donors (Lipinski definition) is 2. The number of aromatic nitrogens is 1. The van der Waals surface area contributed by atoms with E-state index in [4.69, 9.17) is 4.42 Å². The molecule has 30 heavy (non-hydrogen) atoms. The van der Waals surface area contributed by atoms with Gasteiger partial charge in [-0.05, 0) is 36.5 Å². The van der Waals surface area contributed by atoms with E-state index in [1.54, 1.807) is 18.4 Å². The van der Waals surface area contributed by atoms with Gasteiger partial charge in [0.2, 0.25) is 5.91 Å². The number of hydrogen-bond acceptors (Lipinski definition) is 5. The summed E-state index contributed by atoms with van der Waals surface area (Å²) in [6.07, 6.45) is 2.62. The summed E-state index contributed by atoms with van der Waals surface area (Å²) >= 11 is 1.29. The lowest BCUT2D eigenvalue weighted by molar-refractivity contribution is -0.121. The molecular weight excluding hydrogens is 398 g/mol. The van der Waals surface area contributed by atoms with Crippen LogP contribution in [-0.2, 0) is 17.6 Å². The Hall–Kier alpha value is -2.93. The topological polar surface area (TPSA) is 84.2 Å². The normalized spacial score (nSPS) is 12.0. The minimum absolute atomic E-state index is 0.0646. The van der Waals surface area contributed by atoms with E-state index in [2.05, 4.69) is 60.7 Å². The maximum Gasteiger partial charge on any atom is 0.260 e. The lowest BCUT2D eigenvalue weighted by atomic mass is 9.94. The molecule has 6 nitrogen and oxygen atoms in total. The number of benzene rings is 1. The van der Waals surface area contributed by atoms with Crippen LogP contribution in [0.1, 0.15) is 59.8 Å². The number of anilines is 1. The first-order valence-electron chi connectivity index (χ1n) is 10.1. The molecule has 3 aromatic rings. The number of rotatable bonds is 8. The number of carbonyl (C=O) groups is 2. The van der Waals surface area contributed by atoms with E-state index in [9.17, 15) is 9.59 Å². The molecule has 1 aromatic carbocycles. The Balaban J connectivity index is 1.61. The highest BCUT2D eigenvalue weighted by Gasteiger charge is 2.20. The number of amides is 2. The minimum atomic E-state index is -0.276. The fourth-order valence-electron chi connectivity index (χ4n) is 3.22. The second-order valence-electron chi connectivity index (χ2n) is 7.55. The molecule has 0 spiro atoms. The number of nitrogens with zero attached hydrogens (tertiary/aromatic N) is 1. The molecule has 0 aliphatic carbocycles. The van der Waals surface area contributed by atoms with Crippen LogP contribution >= 0.6 is 11.3 Å². The molecule has 158 valence electrons. The average molecular weight is 426 g/mol. The van der Waals surface area contributed by atoms with Gasteiger partial charge in [-0.25, -0.2) is 4.98 Å². The number of aryl methyl sites for hydroxylation is 2. The number of nitrogens with one attached hydrogen (secondary N) is 2. The number of carbonyl (C=O) groups excluding carboxylic acids is 2. The zero-order valence-electron chi connectivity index (χ0n) is 17.7. The molecule has 0 saturated heterocycles. The third-order valence-corrected chi connectivity index (χ3v) is 5.75. The van der Waals surface area contributed by atoms with Crippen LogP contribution in [0, 0.1) is 12.8 Å². The third kappa shape index (κ3) is 5.36. The Morgan fingerprint density at radius 3 is 2.50 bits per heavy atom. The van der Waals surface area contributed by atoms with Gasteiger partial charge < -0.3 is 9.73 Å². The zero-order valence-corrected chi connectivity index (χ0v) is 18.5. The van der Waals surface area contributed by atoms with E-state index in [1.807, 2.05) is 0 Å². The van der Waals surface area contributed by atoms with Crippen molar-refractivity contribution in [1.29, 1.82) is 0 Å². The van der Waals surface area contributed by atoms with E-state index in [0.29, 0.717) is 22.1 Å². The molecule has 2 amide bonds. The molecule has 0 bridgehead atoms. The highest BCUT2D eigenvalue weighted by atomic mass is 32.1. The van der Waals surface area contributed by atoms with Gasteiger partial charge in [-0.1, -0.05) is 45.0 Å². The molecule has 2 heterocycles. The summed E-state index contributed by atoms with van der Waals surface area (Å²) in [5.41, 5.74) is 3.46. The molecule has 0 saturated carbocycles. The molecule has 2 N–H and O–H groups in total. The summed E-state index contributed by atoms with van der Waals surface area (Å²) in [4.78, 5) is 29.3. The van der Waals surface area contributed by atoms with Gasteiger partial charge in [0.1, 0.15) is 5.76 Å². The van der Waals surface area contributed by atoms with Gasteiger partial charge in [0.05, 0.1) is 30.0 Å². The quantitative estimate of drug-likeness (QED) is 0.537. The van der Waals surface area contributed by atoms with Gasteiger partial charge in [0, 0.05) is 5.38 Å². The smallest absolute Gasteiger partial charge is 0.260 e. The average Bonchev–Trinajstić information content (AvgIpc) is 3.34. The third-order valence-electron chi connectivity index (χ3n) is 4.95. The first kappa shape index (κ1) is 21.8. The van der Waals surface area contributed by atoms with Gasteiger partial charge in [-0.15, -0.1) is 11.3 Å². The SMILES string of the molecule is CCc1ccc(C(NC(=O)Cc2csc(NC(=O)c3ccoc3C)n2)C(C)C)cc1. The molecule has 1 unspecified atom stereocenters. The van der Waals surface area contributed by atoms with Gasteiger partial charge >= 0.3 is 0 Å². The van der Waals surface area contributed by atoms with Crippen molar-refractivity contribution in [3.05, 3.63) is 70.1 Å². The lowest BCUT2D eigenvalue weighted by Gasteiger charge is -2.23. The lowest BCUT2D eigenvalue weighted by Crippen LogP contribution is -2.33. The maximum atomic E-state index is 12.6. The van der Waals surface area contributed by atoms with E-state index in [-0.39, 0.29) is 30.2 Å². The number of furan rings is 1. The minimum Gasteiger partial charge on any atom is -0.469 e. The van der Waals surface area contributed by atoms with Crippen LogP contribution in [0.4, 0.5) is 5.13 Å². The summed E-state index contributed by atoms with van der Waals surface area (Å²) in [6, 6.07) is 9.93. The van der Waals surface area contributed by atoms with Gasteiger partial charge in [-0.3, -0.25) is 14.9 Å². The molecule has 7 heteroatoms. The second-order valence-corrected chi connectivity index (χ2v) is 8.41. The number of thiazole rings is 1. The van der Waals surface area contributed by atoms with Crippen LogP contribution in [0.5, 0.6) is 0 Å². The van der Waals surface area contributed by atoms with Crippen molar-refractivity contribution < 1.29 is 14.0 Å². The van der Waals surface area contributed by atoms with Crippen LogP contribution in [0.2, 0.25) is 0 Å². The maximum absolute atomic E-state index is 12.6. The summed E-state index contributed by atoms with van der Waals surface area (Å²) in [6.45, 7) is 8.03. The molecule has 3 rings (SSSR count). The van der Waals surface area contributed by atoms with Crippen LogP contribution in [0.25, 0.3) is 0 Å². The van der Waals surface area contributed by atoms with Gasteiger partial charge in [-0.2, -0.15) is 0 Å². The Bertz CT molecular complexity index is 1000. The summed E-state index contributed by atoms with van der Waals surface area (Å²) in [5, 5.41) is 8.12. The predicted octanol–water partition coefficient (Wildman–Crippen LogP) is 4.92. The van der Waals surface area contributed by atoms with Crippen molar-refractivity contribution in [3.8, 4) is 0 Å². The van der Waals surface area contributed by atoms with Crippen LogP contribution in [-0.4, -0.2) is 16.8 Å². The molecule has 0 fully saturated rings. The molecule has 1 atom stereocenters. The molecule has 0 radical (unpaired) electrons. The molecule has 0 aliphatic rings. The van der Waals surface area contributed by atoms with Crippen molar-refractivity contribution in [1.82, 2.24) is 10.3 Å². The van der Waals surface area contributed by atoms with Crippen molar-refractivity contribution in [3.63, 3.8) is 0 Å². The Morgan fingerprint density at radius 1 is 1.17 bits per heavy atom. The zero-order chi connectivity index (χ0) is 21.7. The van der Waals surface area contributed by atoms with Gasteiger partial charge in [0.15, 0.2) is 5.13 Å². The highest BCUT2D eigenvalue weighted by molar-refractivity contribution is 7.14. The van der Waals surface area contributed by atoms with Crippen LogP contribution in [0.3, 0.4) is 0 Å². The molecule has 2 aromatic heterocycles. The fourth-order valence-corrected chi connectivity index (χ4v) is 3.92. The van der Waals surface area contributed by atoms with Gasteiger partial charge in [0.25, 0.3) is 5.91 Å². The summed E-state index contributed by atoms with van der Waals surface area (Å²) in [7, 11) is 0. The second kappa shape index (κ2) is 9.71. The summed E-state index contributed by atoms with van der Waals surface area (Å²) in [5.74, 6) is 0.435. The van der Waals surface area contributed by atoms with Crippen LogP contribution < -0.4 is 10.6 Å². The van der Waals surface area contributed by atoms with E-state index in [1.165, 1.54) is 23.2 Å². The van der Waals surface area contributed by atoms with Crippen molar-refractivity contribution in [2.75, 3.05) is 5.32 Å². The Kier molecular flexibility index (Phi) is 7.05. The largest absolute Gasteiger partial charge is 0.469 e. The monoisotopic (exact) mass is 425 g/mol. The van der Waals surface area contributed by atoms with E-state index < -0.39 is 0 Å². The highest BCUT2D eigenvalue weighted by Crippen LogP contribution is 2.23. The van der Waals surface area contributed by atoms with Crippen molar-refractivity contribution in [2.45, 2.75) is 46.6 Å². The molecular formula is C23H27N3O3S. The summed E-state index contributed by atoms with van der Waals surface area (Å²) < 4.78 is 5.16. The fraction of sp³-hybridized carbons (Fsp3) is 0.348. The first-order valence-corrected chi connectivity index (χ1v) is 10.9. The van der Waals surface area contributed by atoms with Crippen molar-refractivity contribution in [2.24, 2.45) is 5.92 Å². The Labute approximate surface area is 180 Å². The van der Waals surface area contributed by atoms with E-state index >= 15 is 0 Å². The first-order chi connectivity index (χ1) is 14.4. The van der Waals surface area contributed by atoms with E-state index in [0.717, 1.165) is 12.0 Å². The van der Waals surface area contributed by atoms with Crippen molar-refractivity contribution >= 4 is 28.3 Å². The standard InChI is InChI=1S/C23H27N3O3S/c1-5-16-6-8-17(9-7-16)21(14(2)3)25-20(27)12-18-13-30-23(24-18)26-22(28)19-10-11-29-15(19)4/h6-11,13-14,21H,5,12H2,1-4H3,(H,25,27)(H,24,26,28). The van der Waals surface area contributed by atoms with Crippen LogP contribution in [0.15, 0.2) is 46.4 Å². The predicted molar refractivity (Wildman–Crippen MR) is 119 cm³/mol.